The van der Waals surface area contributed by atoms with Crippen molar-refractivity contribution in [3.8, 4) is 0 Å². The van der Waals surface area contributed by atoms with Crippen LogP contribution in [0.4, 0.5) is 0 Å². The molecule has 1 heterocycles. The fraction of sp³-hybridized carbons (Fsp3) is 0.588. The lowest BCUT2D eigenvalue weighted by Gasteiger charge is -2.29. The van der Waals surface area contributed by atoms with Gasteiger partial charge in [-0.15, -0.1) is 23.5 Å². The van der Waals surface area contributed by atoms with Gasteiger partial charge >= 0.3 is 0 Å². The van der Waals surface area contributed by atoms with E-state index >= 15 is 0 Å². The number of amides is 1. The molecule has 114 valence electrons. The number of hydrogen-bond acceptors (Lipinski definition) is 3. The summed E-state index contributed by atoms with van der Waals surface area (Å²) in [6.07, 6.45) is 4.91. The number of carbonyl (C=O) groups excluding carboxylic acids is 1. The van der Waals surface area contributed by atoms with Crippen molar-refractivity contribution in [2.75, 3.05) is 11.5 Å². The Hall–Kier alpha value is -0.610. The van der Waals surface area contributed by atoms with Gasteiger partial charge in [-0.05, 0) is 36.5 Å². The van der Waals surface area contributed by atoms with Crippen molar-refractivity contribution in [3.63, 3.8) is 0 Å². The Morgan fingerprint density at radius 1 is 1.10 bits per heavy atom. The first-order chi connectivity index (χ1) is 10.2. The average Bonchev–Trinajstić information content (AvgIpc) is 3.04. The highest BCUT2D eigenvalue weighted by Gasteiger charge is 2.23. The van der Waals surface area contributed by atoms with Crippen molar-refractivity contribution in [2.45, 2.75) is 43.2 Å². The summed E-state index contributed by atoms with van der Waals surface area (Å²) < 4.78 is 0.556. The molecule has 2 atom stereocenters. The van der Waals surface area contributed by atoms with Crippen LogP contribution >= 0.6 is 23.5 Å². The third-order valence-corrected chi connectivity index (χ3v) is 7.60. The highest BCUT2D eigenvalue weighted by molar-refractivity contribution is 8.19. The molecular formula is C17H23NOS2. The molecule has 1 amide bonds. The molecule has 1 N–H and O–H groups in total. The first-order valence-electron chi connectivity index (χ1n) is 7.88. The van der Waals surface area contributed by atoms with Gasteiger partial charge in [0, 0.05) is 23.1 Å². The maximum absolute atomic E-state index is 12.4. The minimum absolute atomic E-state index is 0.0898. The van der Waals surface area contributed by atoms with Crippen molar-refractivity contribution in [3.05, 3.63) is 35.4 Å². The summed E-state index contributed by atoms with van der Waals surface area (Å²) in [6, 6.07) is 8.56. The molecule has 0 aromatic heterocycles. The van der Waals surface area contributed by atoms with E-state index in [-0.39, 0.29) is 5.91 Å². The molecule has 21 heavy (non-hydrogen) atoms. The van der Waals surface area contributed by atoms with Gasteiger partial charge in [0.2, 0.25) is 0 Å². The Kier molecular flexibility index (Phi) is 5.17. The van der Waals surface area contributed by atoms with Crippen LogP contribution in [0.25, 0.3) is 0 Å². The van der Waals surface area contributed by atoms with Gasteiger partial charge in [-0.2, -0.15) is 0 Å². The Labute approximate surface area is 135 Å². The van der Waals surface area contributed by atoms with Gasteiger partial charge in [0.25, 0.3) is 5.91 Å². The largest absolute Gasteiger partial charge is 0.349 e. The van der Waals surface area contributed by atoms with Gasteiger partial charge < -0.3 is 5.32 Å². The van der Waals surface area contributed by atoms with Crippen LogP contribution in [0, 0.1) is 5.92 Å². The number of carbonyl (C=O) groups is 1. The molecule has 2 nitrogen and oxygen atoms in total. The molecule has 1 aliphatic carbocycles. The third kappa shape index (κ3) is 3.78. The molecule has 3 rings (SSSR count). The van der Waals surface area contributed by atoms with E-state index in [1.165, 1.54) is 36.3 Å². The van der Waals surface area contributed by atoms with E-state index in [2.05, 4.69) is 24.4 Å². The second-order valence-electron chi connectivity index (χ2n) is 6.04. The van der Waals surface area contributed by atoms with E-state index in [4.69, 9.17) is 0 Å². The summed E-state index contributed by atoms with van der Waals surface area (Å²) >= 11 is 4.00. The number of thioether (sulfide) groups is 2. The zero-order valence-corrected chi connectivity index (χ0v) is 14.1. The topological polar surface area (TPSA) is 29.1 Å². The quantitative estimate of drug-likeness (QED) is 0.890. The summed E-state index contributed by atoms with van der Waals surface area (Å²) in [5, 5.41) is 3.22. The molecule has 1 saturated carbocycles. The number of nitrogens with one attached hydrogen (secondary N) is 1. The minimum atomic E-state index is 0.0898. The molecule has 1 aromatic rings. The van der Waals surface area contributed by atoms with Crippen molar-refractivity contribution in [1.29, 1.82) is 0 Å². The van der Waals surface area contributed by atoms with Crippen LogP contribution in [-0.2, 0) is 0 Å². The Morgan fingerprint density at radius 3 is 2.43 bits per heavy atom. The van der Waals surface area contributed by atoms with Gasteiger partial charge in [-0.25, -0.2) is 0 Å². The Bertz CT molecular complexity index is 482. The van der Waals surface area contributed by atoms with Gasteiger partial charge in [0.15, 0.2) is 0 Å². The van der Waals surface area contributed by atoms with Gasteiger partial charge in [0.1, 0.15) is 0 Å². The summed E-state index contributed by atoms with van der Waals surface area (Å²) in [4.78, 5) is 12.4. The van der Waals surface area contributed by atoms with Crippen LogP contribution in [0.15, 0.2) is 24.3 Å². The van der Waals surface area contributed by atoms with Crippen LogP contribution in [0.2, 0.25) is 0 Å². The fourth-order valence-corrected chi connectivity index (χ4v) is 5.98. The molecule has 0 spiro atoms. The fourth-order valence-electron chi connectivity index (χ4n) is 3.12. The maximum atomic E-state index is 12.4. The van der Waals surface area contributed by atoms with Crippen molar-refractivity contribution in [1.82, 2.24) is 5.32 Å². The van der Waals surface area contributed by atoms with E-state index in [9.17, 15) is 4.79 Å². The Morgan fingerprint density at radius 2 is 1.76 bits per heavy atom. The normalized spacial score (nSPS) is 26.7. The van der Waals surface area contributed by atoms with E-state index in [0.29, 0.717) is 16.5 Å². The van der Waals surface area contributed by atoms with Crippen molar-refractivity contribution in [2.24, 2.45) is 5.92 Å². The zero-order chi connectivity index (χ0) is 14.7. The molecule has 1 saturated heterocycles. The van der Waals surface area contributed by atoms with E-state index in [0.717, 1.165) is 12.0 Å². The molecule has 1 aliphatic heterocycles. The summed E-state index contributed by atoms with van der Waals surface area (Å²) in [7, 11) is 0. The molecule has 2 aliphatic rings. The summed E-state index contributed by atoms with van der Waals surface area (Å²) in [6.45, 7) is 2.25. The summed E-state index contributed by atoms with van der Waals surface area (Å²) in [5.74, 6) is 3.16. The average molecular weight is 322 g/mol. The zero-order valence-electron chi connectivity index (χ0n) is 12.5. The van der Waals surface area contributed by atoms with Crippen LogP contribution in [0.5, 0.6) is 0 Å². The second-order valence-corrected chi connectivity index (χ2v) is 8.76. The lowest BCUT2D eigenvalue weighted by atomic mass is 9.86. The molecule has 0 bridgehead atoms. The number of hydrogen-bond donors (Lipinski definition) is 1. The lowest BCUT2D eigenvalue weighted by Crippen LogP contribution is -2.41. The van der Waals surface area contributed by atoms with E-state index in [1.54, 1.807) is 0 Å². The molecule has 1 aromatic carbocycles. The third-order valence-electron chi connectivity index (χ3n) is 4.49. The van der Waals surface area contributed by atoms with Crippen molar-refractivity contribution < 1.29 is 4.79 Å². The SMILES string of the molecule is C[C@@H]1CCCC[C@H]1NC(=O)c1ccc(C2SCCS2)cc1. The molecule has 4 heteroatoms. The lowest BCUT2D eigenvalue weighted by molar-refractivity contribution is 0.0910. The molecule has 2 fully saturated rings. The van der Waals surface area contributed by atoms with Crippen LogP contribution in [0.3, 0.4) is 0 Å². The molecular weight excluding hydrogens is 298 g/mol. The highest BCUT2D eigenvalue weighted by Crippen LogP contribution is 2.45. The number of rotatable bonds is 3. The first-order valence-corrected chi connectivity index (χ1v) is 9.98. The van der Waals surface area contributed by atoms with Crippen LogP contribution < -0.4 is 5.32 Å². The van der Waals surface area contributed by atoms with Gasteiger partial charge in [-0.3, -0.25) is 4.79 Å². The number of benzene rings is 1. The Balaban J connectivity index is 1.61. The predicted molar refractivity (Wildman–Crippen MR) is 93.0 cm³/mol. The molecule has 0 radical (unpaired) electrons. The maximum Gasteiger partial charge on any atom is 0.251 e. The summed E-state index contributed by atoms with van der Waals surface area (Å²) in [5.41, 5.74) is 2.13. The van der Waals surface area contributed by atoms with E-state index in [1.807, 2.05) is 35.7 Å². The smallest absolute Gasteiger partial charge is 0.251 e. The molecule has 0 unspecified atom stereocenters. The highest BCUT2D eigenvalue weighted by atomic mass is 32.2. The first kappa shape index (κ1) is 15.3. The van der Waals surface area contributed by atoms with Crippen molar-refractivity contribution >= 4 is 29.4 Å². The minimum Gasteiger partial charge on any atom is -0.349 e. The standard InChI is InChI=1S/C17H23NOS2/c1-12-4-2-3-5-15(12)18-16(19)13-6-8-14(9-7-13)17-20-10-11-21-17/h6-9,12,15,17H,2-5,10-11H2,1H3,(H,18,19)/t12-,15-/m1/s1. The monoisotopic (exact) mass is 321 g/mol. The second kappa shape index (κ2) is 7.10. The predicted octanol–water partition coefficient (Wildman–Crippen LogP) is 4.47. The van der Waals surface area contributed by atoms with Crippen LogP contribution in [0.1, 0.15) is 53.1 Å². The van der Waals surface area contributed by atoms with E-state index < -0.39 is 0 Å². The van der Waals surface area contributed by atoms with Gasteiger partial charge in [-0.1, -0.05) is 31.9 Å². The van der Waals surface area contributed by atoms with Crippen LogP contribution in [-0.4, -0.2) is 23.5 Å². The van der Waals surface area contributed by atoms with Gasteiger partial charge in [0.05, 0.1) is 4.58 Å².